The standard InChI is InChI=1S/C11H23N3/c1-8(9-6-5-7-9)13-10(12)14-11(2,3)4/h8-9H,5-7H2,1-4H3,(H3,12,13,14). The van der Waals surface area contributed by atoms with Crippen molar-refractivity contribution < 1.29 is 0 Å². The smallest absolute Gasteiger partial charge is 0.189 e. The fourth-order valence-electron chi connectivity index (χ4n) is 1.66. The highest BCUT2D eigenvalue weighted by Crippen LogP contribution is 2.30. The molecule has 0 bridgehead atoms. The highest BCUT2D eigenvalue weighted by atomic mass is 15.1. The van der Waals surface area contributed by atoms with Crippen LogP contribution in [0.4, 0.5) is 0 Å². The first kappa shape index (κ1) is 11.3. The normalized spacial score (nSPS) is 21.6. The first-order valence-corrected chi connectivity index (χ1v) is 5.50. The van der Waals surface area contributed by atoms with E-state index in [1.807, 2.05) is 0 Å². The summed E-state index contributed by atoms with van der Waals surface area (Å²) in [6, 6.07) is 0.374. The van der Waals surface area contributed by atoms with Crippen LogP contribution in [-0.2, 0) is 0 Å². The Bertz CT molecular complexity index is 211. The van der Waals surface area contributed by atoms with Crippen molar-refractivity contribution in [3.63, 3.8) is 0 Å². The number of guanidine groups is 1. The maximum absolute atomic E-state index is 5.82. The van der Waals surface area contributed by atoms with Crippen molar-refractivity contribution in [1.29, 1.82) is 0 Å². The first-order chi connectivity index (χ1) is 6.38. The summed E-state index contributed by atoms with van der Waals surface area (Å²) in [6.07, 6.45) is 3.98. The lowest BCUT2D eigenvalue weighted by molar-refractivity contribution is 0.273. The number of nitrogens with zero attached hydrogens (tertiary/aromatic N) is 1. The van der Waals surface area contributed by atoms with Gasteiger partial charge < -0.3 is 11.1 Å². The van der Waals surface area contributed by atoms with Crippen molar-refractivity contribution >= 4 is 5.96 Å². The van der Waals surface area contributed by atoms with Crippen LogP contribution in [0.3, 0.4) is 0 Å². The van der Waals surface area contributed by atoms with Gasteiger partial charge in [0.25, 0.3) is 0 Å². The lowest BCUT2D eigenvalue weighted by atomic mass is 9.81. The molecule has 0 amide bonds. The van der Waals surface area contributed by atoms with E-state index < -0.39 is 0 Å². The SMILES string of the molecule is CC(N=C(N)NC(C)(C)C)C1CCC1. The molecule has 82 valence electrons. The Hall–Kier alpha value is -0.730. The van der Waals surface area contributed by atoms with Crippen molar-refractivity contribution in [3.8, 4) is 0 Å². The van der Waals surface area contributed by atoms with Gasteiger partial charge in [-0.1, -0.05) is 6.42 Å². The molecule has 1 unspecified atom stereocenters. The second-order valence-electron chi connectivity index (χ2n) is 5.32. The second kappa shape index (κ2) is 4.20. The van der Waals surface area contributed by atoms with Crippen LogP contribution in [0.1, 0.15) is 47.0 Å². The molecule has 0 aromatic rings. The lowest BCUT2D eigenvalue weighted by Crippen LogP contribution is -2.45. The monoisotopic (exact) mass is 197 g/mol. The zero-order valence-corrected chi connectivity index (χ0v) is 9.80. The minimum atomic E-state index is 0.00686. The van der Waals surface area contributed by atoms with E-state index in [1.165, 1.54) is 19.3 Å². The number of nitrogens with one attached hydrogen (secondary N) is 1. The van der Waals surface area contributed by atoms with Gasteiger partial charge in [-0.2, -0.15) is 0 Å². The summed E-state index contributed by atoms with van der Waals surface area (Å²) in [4.78, 5) is 4.47. The molecule has 14 heavy (non-hydrogen) atoms. The maximum atomic E-state index is 5.82. The number of rotatable bonds is 2. The Morgan fingerprint density at radius 3 is 2.36 bits per heavy atom. The van der Waals surface area contributed by atoms with E-state index in [9.17, 15) is 0 Å². The first-order valence-electron chi connectivity index (χ1n) is 5.50. The molecule has 0 aromatic carbocycles. The molecular weight excluding hydrogens is 174 g/mol. The average molecular weight is 197 g/mol. The Kier molecular flexibility index (Phi) is 3.40. The largest absolute Gasteiger partial charge is 0.370 e. The highest BCUT2D eigenvalue weighted by Gasteiger charge is 2.23. The molecule has 3 heteroatoms. The van der Waals surface area contributed by atoms with Gasteiger partial charge in [0, 0.05) is 5.54 Å². The van der Waals surface area contributed by atoms with Crippen molar-refractivity contribution in [2.45, 2.75) is 58.5 Å². The van der Waals surface area contributed by atoms with Crippen molar-refractivity contribution in [2.24, 2.45) is 16.6 Å². The highest BCUT2D eigenvalue weighted by molar-refractivity contribution is 5.78. The third-order valence-corrected chi connectivity index (χ3v) is 2.68. The molecular formula is C11H23N3. The van der Waals surface area contributed by atoms with Gasteiger partial charge in [0.15, 0.2) is 5.96 Å². The molecule has 3 N–H and O–H groups in total. The molecule has 0 radical (unpaired) electrons. The minimum Gasteiger partial charge on any atom is -0.370 e. The Morgan fingerprint density at radius 2 is 2.00 bits per heavy atom. The van der Waals surface area contributed by atoms with Crippen LogP contribution in [0.2, 0.25) is 0 Å². The topological polar surface area (TPSA) is 50.4 Å². The van der Waals surface area contributed by atoms with Crippen molar-refractivity contribution in [3.05, 3.63) is 0 Å². The number of hydrogen-bond donors (Lipinski definition) is 2. The number of hydrogen-bond acceptors (Lipinski definition) is 1. The van der Waals surface area contributed by atoms with Gasteiger partial charge in [-0.25, -0.2) is 0 Å². The van der Waals surface area contributed by atoms with E-state index in [-0.39, 0.29) is 5.54 Å². The predicted molar refractivity (Wildman–Crippen MR) is 61.3 cm³/mol. The quantitative estimate of drug-likeness (QED) is 0.524. The average Bonchev–Trinajstić information content (AvgIpc) is 1.75. The van der Waals surface area contributed by atoms with Crippen LogP contribution < -0.4 is 11.1 Å². The summed E-state index contributed by atoms with van der Waals surface area (Å²) in [5, 5.41) is 3.18. The van der Waals surface area contributed by atoms with E-state index in [0.717, 1.165) is 5.92 Å². The molecule has 0 aromatic heterocycles. The van der Waals surface area contributed by atoms with Crippen LogP contribution in [0.5, 0.6) is 0 Å². The Balaban J connectivity index is 2.41. The third-order valence-electron chi connectivity index (χ3n) is 2.68. The Labute approximate surface area is 87.2 Å². The van der Waals surface area contributed by atoms with Gasteiger partial charge in [0.1, 0.15) is 0 Å². The molecule has 3 nitrogen and oxygen atoms in total. The van der Waals surface area contributed by atoms with Gasteiger partial charge in [0.05, 0.1) is 6.04 Å². The van der Waals surface area contributed by atoms with Crippen molar-refractivity contribution in [2.75, 3.05) is 0 Å². The van der Waals surface area contributed by atoms with Gasteiger partial charge in [0.2, 0.25) is 0 Å². The van der Waals surface area contributed by atoms with Crippen molar-refractivity contribution in [1.82, 2.24) is 5.32 Å². The van der Waals surface area contributed by atoms with Gasteiger partial charge in [-0.3, -0.25) is 4.99 Å². The molecule has 0 aliphatic heterocycles. The summed E-state index contributed by atoms with van der Waals surface area (Å²) in [5.74, 6) is 1.34. The molecule has 1 aliphatic rings. The van der Waals surface area contributed by atoms with Gasteiger partial charge in [-0.05, 0) is 46.5 Å². The predicted octanol–water partition coefficient (Wildman–Crippen LogP) is 1.88. The van der Waals surface area contributed by atoms with Crippen LogP contribution in [-0.4, -0.2) is 17.5 Å². The van der Waals surface area contributed by atoms with Gasteiger partial charge in [-0.15, -0.1) is 0 Å². The molecule has 1 aliphatic carbocycles. The molecule has 0 heterocycles. The summed E-state index contributed by atoms with van der Waals surface area (Å²) >= 11 is 0. The molecule has 1 rings (SSSR count). The maximum Gasteiger partial charge on any atom is 0.189 e. The van der Waals surface area contributed by atoms with E-state index in [1.54, 1.807) is 0 Å². The van der Waals surface area contributed by atoms with Crippen LogP contribution in [0.25, 0.3) is 0 Å². The zero-order valence-electron chi connectivity index (χ0n) is 9.80. The fraction of sp³-hybridized carbons (Fsp3) is 0.909. The molecule has 0 saturated heterocycles. The molecule has 1 fully saturated rings. The minimum absolute atomic E-state index is 0.00686. The van der Waals surface area contributed by atoms with E-state index in [2.05, 4.69) is 38.0 Å². The summed E-state index contributed by atoms with van der Waals surface area (Å²) in [7, 11) is 0. The molecule has 0 spiro atoms. The summed E-state index contributed by atoms with van der Waals surface area (Å²) < 4.78 is 0. The van der Waals surface area contributed by atoms with E-state index >= 15 is 0 Å². The molecule has 1 atom stereocenters. The summed E-state index contributed by atoms with van der Waals surface area (Å²) in [5.41, 5.74) is 5.82. The van der Waals surface area contributed by atoms with Gasteiger partial charge >= 0.3 is 0 Å². The van der Waals surface area contributed by atoms with Crippen LogP contribution in [0, 0.1) is 5.92 Å². The van der Waals surface area contributed by atoms with Crippen LogP contribution >= 0.6 is 0 Å². The second-order valence-corrected chi connectivity index (χ2v) is 5.32. The number of nitrogens with two attached hydrogens (primary N) is 1. The number of aliphatic imine (C=N–C) groups is 1. The zero-order chi connectivity index (χ0) is 10.8. The summed E-state index contributed by atoms with van der Waals surface area (Å²) in [6.45, 7) is 8.41. The fourth-order valence-corrected chi connectivity index (χ4v) is 1.66. The Morgan fingerprint density at radius 1 is 1.43 bits per heavy atom. The molecule has 1 saturated carbocycles. The van der Waals surface area contributed by atoms with E-state index in [4.69, 9.17) is 5.73 Å². The lowest BCUT2D eigenvalue weighted by Gasteiger charge is -2.30. The third kappa shape index (κ3) is 3.56. The van der Waals surface area contributed by atoms with E-state index in [0.29, 0.717) is 12.0 Å². The van der Waals surface area contributed by atoms with Crippen LogP contribution in [0.15, 0.2) is 4.99 Å².